The summed E-state index contributed by atoms with van der Waals surface area (Å²) in [5, 5.41) is 0. The topological polar surface area (TPSA) is 13.0 Å². The first kappa shape index (κ1) is 17.9. The normalized spacial score (nSPS) is 17.8. The van der Waals surface area contributed by atoms with Crippen LogP contribution in [0.5, 0.6) is 0 Å². The second-order valence-electron chi connectivity index (χ2n) is 8.29. The summed E-state index contributed by atoms with van der Waals surface area (Å²) in [7, 11) is 4.35. The van der Waals surface area contributed by atoms with E-state index < -0.39 is 0 Å². The third kappa shape index (κ3) is 2.59. The lowest BCUT2D eigenvalue weighted by molar-refractivity contribution is 0.732. The molecule has 0 saturated heterocycles. The molecule has 0 bridgehead atoms. The Morgan fingerprint density at radius 2 is 1.31 bits per heavy atom. The van der Waals surface area contributed by atoms with Crippen LogP contribution in [0, 0.1) is 13.8 Å². The maximum atomic E-state index is 2.48. The zero-order valence-electron chi connectivity index (χ0n) is 17.8. The highest BCUT2D eigenvalue weighted by Gasteiger charge is 2.33. The summed E-state index contributed by atoms with van der Waals surface area (Å²) in [6.07, 6.45) is 0.272. The van der Waals surface area contributed by atoms with Crippen molar-refractivity contribution in [1.82, 2.24) is 0 Å². The summed E-state index contributed by atoms with van der Waals surface area (Å²) >= 11 is 0. The van der Waals surface area contributed by atoms with E-state index in [1.165, 1.54) is 45.3 Å². The van der Waals surface area contributed by atoms with Gasteiger partial charge in [-0.15, -0.1) is 0 Å². The molecule has 3 aromatic carbocycles. The molecule has 0 fully saturated rings. The van der Waals surface area contributed by atoms with Gasteiger partial charge in [-0.05, 0) is 68.3 Å². The van der Waals surface area contributed by atoms with Crippen molar-refractivity contribution >= 4 is 34.1 Å². The lowest BCUT2D eigenvalue weighted by atomic mass is 10.0. The molecule has 0 spiro atoms. The molecular formula is C25H28N4. The van der Waals surface area contributed by atoms with Crippen LogP contribution in [0.25, 0.3) is 0 Å². The first-order chi connectivity index (χ1) is 14.0. The average Bonchev–Trinajstić information content (AvgIpc) is 3.19. The van der Waals surface area contributed by atoms with Crippen LogP contribution in [0.1, 0.15) is 18.1 Å². The van der Waals surface area contributed by atoms with E-state index in [-0.39, 0.29) is 6.17 Å². The lowest BCUT2D eigenvalue weighted by Gasteiger charge is -2.32. The Kier molecular flexibility index (Phi) is 3.98. The Labute approximate surface area is 173 Å². The van der Waals surface area contributed by atoms with Crippen LogP contribution >= 0.6 is 0 Å². The van der Waals surface area contributed by atoms with Gasteiger partial charge in [0.2, 0.25) is 0 Å². The molecule has 0 aromatic heterocycles. The number of hydrogen-bond donors (Lipinski definition) is 0. The fourth-order valence-corrected chi connectivity index (χ4v) is 4.81. The summed E-state index contributed by atoms with van der Waals surface area (Å²) in [6.45, 7) is 7.61. The van der Waals surface area contributed by atoms with E-state index in [1.807, 2.05) is 0 Å². The smallest absolute Gasteiger partial charge is 0.103 e. The van der Waals surface area contributed by atoms with Gasteiger partial charge in [-0.3, -0.25) is 0 Å². The highest BCUT2D eigenvalue weighted by molar-refractivity contribution is 5.89. The first-order valence-electron chi connectivity index (χ1n) is 10.3. The maximum absolute atomic E-state index is 2.48. The van der Waals surface area contributed by atoms with Gasteiger partial charge in [0.05, 0.1) is 29.4 Å². The molecule has 0 N–H and O–H groups in total. The van der Waals surface area contributed by atoms with Crippen molar-refractivity contribution in [1.29, 1.82) is 0 Å². The molecule has 148 valence electrons. The van der Waals surface area contributed by atoms with Crippen LogP contribution in [0.2, 0.25) is 0 Å². The molecule has 2 heterocycles. The van der Waals surface area contributed by atoms with Gasteiger partial charge >= 0.3 is 0 Å². The summed E-state index contributed by atoms with van der Waals surface area (Å²) in [5.41, 5.74) is 10.3. The van der Waals surface area contributed by atoms with Crippen molar-refractivity contribution in [3.8, 4) is 0 Å². The van der Waals surface area contributed by atoms with Crippen molar-refractivity contribution in [3.05, 3.63) is 71.8 Å². The van der Waals surface area contributed by atoms with E-state index in [1.54, 1.807) is 0 Å². The predicted molar refractivity (Wildman–Crippen MR) is 124 cm³/mol. The second-order valence-corrected chi connectivity index (χ2v) is 8.29. The molecule has 0 saturated carbocycles. The van der Waals surface area contributed by atoms with E-state index in [0.717, 1.165) is 6.67 Å². The Morgan fingerprint density at radius 1 is 0.724 bits per heavy atom. The van der Waals surface area contributed by atoms with Gasteiger partial charge in [-0.25, -0.2) is 0 Å². The van der Waals surface area contributed by atoms with Gasteiger partial charge in [0.15, 0.2) is 0 Å². The molecule has 3 aromatic rings. The molecule has 2 aliphatic heterocycles. The number of fused-ring (bicyclic) bond motifs is 2. The zero-order valence-corrected chi connectivity index (χ0v) is 17.8. The van der Waals surface area contributed by atoms with Crippen molar-refractivity contribution in [2.45, 2.75) is 26.9 Å². The molecule has 4 nitrogen and oxygen atoms in total. The van der Waals surface area contributed by atoms with E-state index in [0.29, 0.717) is 0 Å². The number of hydrogen-bond acceptors (Lipinski definition) is 4. The van der Waals surface area contributed by atoms with Crippen LogP contribution in [0.3, 0.4) is 0 Å². The Bertz CT molecular complexity index is 1090. The molecule has 4 heteroatoms. The molecule has 0 aliphatic carbocycles. The summed E-state index contributed by atoms with van der Waals surface area (Å²) in [5.74, 6) is 0. The van der Waals surface area contributed by atoms with Crippen molar-refractivity contribution in [3.63, 3.8) is 0 Å². The largest absolute Gasteiger partial charge is 0.355 e. The van der Waals surface area contributed by atoms with Crippen LogP contribution < -0.4 is 19.6 Å². The van der Waals surface area contributed by atoms with Crippen LogP contribution in [-0.2, 0) is 0 Å². The average molecular weight is 385 g/mol. The third-order valence-electron chi connectivity index (χ3n) is 6.44. The third-order valence-corrected chi connectivity index (χ3v) is 6.44. The number of nitrogens with zero attached hydrogens (tertiary/aromatic N) is 4. The minimum absolute atomic E-state index is 0.272. The van der Waals surface area contributed by atoms with Gasteiger partial charge in [0, 0.05) is 25.5 Å². The quantitative estimate of drug-likeness (QED) is 0.555. The fraction of sp³-hybridized carbons (Fsp3) is 0.280. The van der Waals surface area contributed by atoms with Crippen LogP contribution in [-0.4, -0.2) is 26.9 Å². The number of anilines is 6. The Hall–Kier alpha value is -3.14. The zero-order chi connectivity index (χ0) is 20.3. The van der Waals surface area contributed by atoms with E-state index in [4.69, 9.17) is 0 Å². The minimum atomic E-state index is 0.272. The first-order valence-corrected chi connectivity index (χ1v) is 10.3. The molecule has 29 heavy (non-hydrogen) atoms. The standard InChI is InChI=1S/C25H28N4/c1-17-14-24(28-16-26(4)20-10-6-8-12-22(20)28)18(2)25(15-17)29-19(3)27(5)21-11-7-9-13-23(21)29/h6-15,19H,16H2,1-5H3/t19-/m0/s1. The number of aryl methyl sites for hydroxylation is 1. The number of benzene rings is 3. The van der Waals surface area contributed by atoms with Gasteiger partial charge in [-0.2, -0.15) is 0 Å². The van der Waals surface area contributed by atoms with E-state index in [2.05, 4.69) is 115 Å². The van der Waals surface area contributed by atoms with Crippen molar-refractivity contribution in [2.75, 3.05) is 40.4 Å². The molecule has 0 amide bonds. The van der Waals surface area contributed by atoms with E-state index in [9.17, 15) is 0 Å². The summed E-state index contributed by atoms with van der Waals surface area (Å²) < 4.78 is 0. The van der Waals surface area contributed by atoms with Gasteiger partial charge in [-0.1, -0.05) is 24.3 Å². The SMILES string of the molecule is Cc1cc(N2CN(C)c3ccccc32)c(C)c(N2c3ccccc3N(C)[C@@H]2C)c1. The van der Waals surface area contributed by atoms with Crippen LogP contribution in [0.15, 0.2) is 60.7 Å². The summed E-state index contributed by atoms with van der Waals surface area (Å²) in [6, 6.07) is 22.0. The monoisotopic (exact) mass is 384 g/mol. The number of rotatable bonds is 2. The fourth-order valence-electron chi connectivity index (χ4n) is 4.81. The lowest BCUT2D eigenvalue weighted by Crippen LogP contribution is -2.36. The maximum Gasteiger partial charge on any atom is 0.103 e. The molecule has 1 atom stereocenters. The second kappa shape index (κ2) is 6.45. The van der Waals surface area contributed by atoms with Crippen LogP contribution in [0.4, 0.5) is 34.1 Å². The van der Waals surface area contributed by atoms with Crippen molar-refractivity contribution < 1.29 is 0 Å². The highest BCUT2D eigenvalue weighted by atomic mass is 15.4. The summed E-state index contributed by atoms with van der Waals surface area (Å²) in [4.78, 5) is 9.60. The van der Waals surface area contributed by atoms with E-state index >= 15 is 0 Å². The molecule has 0 unspecified atom stereocenters. The highest BCUT2D eigenvalue weighted by Crippen LogP contribution is 2.48. The van der Waals surface area contributed by atoms with Crippen molar-refractivity contribution in [2.24, 2.45) is 0 Å². The molecule has 2 aliphatic rings. The van der Waals surface area contributed by atoms with Gasteiger partial charge in [0.1, 0.15) is 6.17 Å². The minimum Gasteiger partial charge on any atom is -0.355 e. The predicted octanol–water partition coefficient (Wildman–Crippen LogP) is 5.78. The van der Waals surface area contributed by atoms with Gasteiger partial charge in [0.25, 0.3) is 0 Å². The Balaban J connectivity index is 1.66. The number of para-hydroxylation sites is 4. The van der Waals surface area contributed by atoms with Gasteiger partial charge < -0.3 is 19.6 Å². The molecular weight excluding hydrogens is 356 g/mol. The molecule has 0 radical (unpaired) electrons. The Morgan fingerprint density at radius 3 is 2.03 bits per heavy atom. The molecule has 5 rings (SSSR count).